The summed E-state index contributed by atoms with van der Waals surface area (Å²) in [5.74, 6) is 0.265. The Balaban J connectivity index is 1.75. The van der Waals surface area contributed by atoms with Crippen LogP contribution in [0, 0.1) is 17.2 Å². The number of amides is 3. The summed E-state index contributed by atoms with van der Waals surface area (Å²) in [6.07, 6.45) is 8.57. The molecule has 10 heteroatoms. The van der Waals surface area contributed by atoms with E-state index in [4.69, 9.17) is 10.5 Å². The van der Waals surface area contributed by atoms with Crippen LogP contribution in [0.5, 0.6) is 0 Å². The van der Waals surface area contributed by atoms with Crippen molar-refractivity contribution in [2.45, 2.75) is 95.5 Å². The lowest BCUT2D eigenvalue weighted by Crippen LogP contribution is -2.65. The van der Waals surface area contributed by atoms with Crippen molar-refractivity contribution >= 4 is 11.9 Å². The molecule has 198 valence electrons. The summed E-state index contributed by atoms with van der Waals surface area (Å²) in [5.41, 5.74) is 4.59. The molecule has 5 N–H and O–H groups in total. The first-order chi connectivity index (χ1) is 16.9. The molecule has 0 radical (unpaired) electrons. The van der Waals surface area contributed by atoms with Crippen molar-refractivity contribution in [2.75, 3.05) is 39.4 Å². The van der Waals surface area contributed by atoms with Gasteiger partial charge in [-0.3, -0.25) is 19.9 Å². The highest BCUT2D eigenvalue weighted by atomic mass is 16.5. The van der Waals surface area contributed by atoms with Gasteiger partial charge in [0.05, 0.1) is 25.3 Å². The van der Waals surface area contributed by atoms with Gasteiger partial charge in [0.25, 0.3) is 0 Å². The van der Waals surface area contributed by atoms with E-state index in [1.165, 1.54) is 19.3 Å². The first-order valence-electron chi connectivity index (χ1n) is 13.5. The fourth-order valence-electron chi connectivity index (χ4n) is 5.91. The summed E-state index contributed by atoms with van der Waals surface area (Å²) in [4.78, 5) is 29.9. The van der Waals surface area contributed by atoms with Gasteiger partial charge >= 0.3 is 6.03 Å². The molecule has 1 saturated carbocycles. The molecule has 3 unspecified atom stereocenters. The number of hydrogen-bond donors (Lipinski definition) is 4. The lowest BCUT2D eigenvalue weighted by atomic mass is 9.84. The molecule has 3 atom stereocenters. The monoisotopic (exact) mass is 491 g/mol. The minimum atomic E-state index is -0.891. The van der Waals surface area contributed by atoms with Crippen LogP contribution in [-0.4, -0.2) is 85.0 Å². The number of morpholine rings is 1. The number of ether oxygens (including phenoxy) is 1. The normalized spacial score (nSPS) is 26.2. The van der Waals surface area contributed by atoms with E-state index in [0.717, 1.165) is 32.2 Å². The molecule has 35 heavy (non-hydrogen) atoms. The summed E-state index contributed by atoms with van der Waals surface area (Å²) in [6.45, 7) is 8.06. The molecule has 3 amide bonds. The number of rotatable bonds is 11. The van der Waals surface area contributed by atoms with Crippen LogP contribution in [0.3, 0.4) is 0 Å². The molecule has 0 aromatic carbocycles. The van der Waals surface area contributed by atoms with E-state index in [0.29, 0.717) is 57.6 Å². The summed E-state index contributed by atoms with van der Waals surface area (Å²) >= 11 is 0. The van der Waals surface area contributed by atoms with Crippen LogP contribution >= 0.6 is 0 Å². The summed E-state index contributed by atoms with van der Waals surface area (Å²) in [7, 11) is 0. The smallest absolute Gasteiger partial charge is 0.314 e. The van der Waals surface area contributed by atoms with Crippen molar-refractivity contribution in [3.63, 3.8) is 0 Å². The van der Waals surface area contributed by atoms with Gasteiger partial charge in [-0.05, 0) is 31.6 Å². The Kier molecular flexibility index (Phi) is 10.6. The maximum Gasteiger partial charge on any atom is 0.314 e. The van der Waals surface area contributed by atoms with Crippen molar-refractivity contribution in [3.8, 4) is 6.07 Å². The van der Waals surface area contributed by atoms with Gasteiger partial charge in [0.2, 0.25) is 5.91 Å². The zero-order chi connectivity index (χ0) is 25.3. The molecule has 3 fully saturated rings. The number of carbonyl (C=O) groups excluding carboxylic acids is 2. The van der Waals surface area contributed by atoms with Crippen LogP contribution < -0.4 is 21.7 Å². The maximum absolute atomic E-state index is 13.7. The van der Waals surface area contributed by atoms with Crippen LogP contribution in [0.1, 0.15) is 71.6 Å². The molecule has 0 aromatic heterocycles. The minimum absolute atomic E-state index is 0.173. The molecule has 2 aliphatic heterocycles. The standard InChI is InChI=1S/C25H45N7O3/c1-3-20(4-2)32-11-10-25(17-26,18-32)30-22(33)21(16-19-8-6-5-7-9-19)28-24(29-23(27)34)31-12-14-35-15-13-31/h19-21,24,28H,3-16,18H2,1-2H3,(H,30,33)(H3,27,29,34). The van der Waals surface area contributed by atoms with Gasteiger partial charge in [-0.15, -0.1) is 0 Å². The first kappa shape index (κ1) is 27.7. The third-order valence-corrected chi connectivity index (χ3v) is 7.99. The van der Waals surface area contributed by atoms with E-state index in [1.54, 1.807) is 0 Å². The largest absolute Gasteiger partial charge is 0.379 e. The van der Waals surface area contributed by atoms with Gasteiger partial charge in [0.1, 0.15) is 11.8 Å². The Labute approximate surface area is 210 Å². The Morgan fingerprint density at radius 3 is 2.40 bits per heavy atom. The molecule has 3 aliphatic rings. The predicted octanol–water partition coefficient (Wildman–Crippen LogP) is 1.47. The van der Waals surface area contributed by atoms with Gasteiger partial charge in [0, 0.05) is 32.2 Å². The number of likely N-dealkylation sites (tertiary alicyclic amines) is 1. The summed E-state index contributed by atoms with van der Waals surface area (Å²) in [6, 6.07) is 1.67. The minimum Gasteiger partial charge on any atom is -0.379 e. The topological polar surface area (TPSA) is 136 Å². The molecule has 2 heterocycles. The van der Waals surface area contributed by atoms with E-state index < -0.39 is 23.9 Å². The summed E-state index contributed by atoms with van der Waals surface area (Å²) < 4.78 is 5.46. The molecule has 0 spiro atoms. The van der Waals surface area contributed by atoms with E-state index in [-0.39, 0.29) is 5.91 Å². The molecule has 0 aromatic rings. The fraction of sp³-hybridized carbons (Fsp3) is 0.880. The van der Waals surface area contributed by atoms with Gasteiger partial charge in [-0.1, -0.05) is 46.0 Å². The Morgan fingerprint density at radius 2 is 1.80 bits per heavy atom. The van der Waals surface area contributed by atoms with Crippen LogP contribution in [0.2, 0.25) is 0 Å². The average Bonchev–Trinajstić information content (AvgIpc) is 3.29. The first-order valence-corrected chi connectivity index (χ1v) is 13.5. The molecule has 0 bridgehead atoms. The second-order valence-electron chi connectivity index (χ2n) is 10.4. The number of nitrogens with two attached hydrogens (primary N) is 1. The van der Waals surface area contributed by atoms with Crippen LogP contribution in [0.4, 0.5) is 4.79 Å². The molecule has 3 rings (SSSR count). The van der Waals surface area contributed by atoms with Gasteiger partial charge in [-0.25, -0.2) is 4.79 Å². The second kappa shape index (κ2) is 13.4. The molecule has 10 nitrogen and oxygen atoms in total. The number of urea groups is 1. The number of nitriles is 1. The van der Waals surface area contributed by atoms with Gasteiger partial charge in [-0.2, -0.15) is 5.26 Å². The number of nitrogens with one attached hydrogen (secondary N) is 3. The summed E-state index contributed by atoms with van der Waals surface area (Å²) in [5, 5.41) is 19.4. The van der Waals surface area contributed by atoms with Crippen molar-refractivity contribution < 1.29 is 14.3 Å². The maximum atomic E-state index is 13.7. The third-order valence-electron chi connectivity index (χ3n) is 7.99. The zero-order valence-corrected chi connectivity index (χ0v) is 21.6. The second-order valence-corrected chi connectivity index (χ2v) is 10.4. The SMILES string of the molecule is CCC(CC)N1CCC(C#N)(NC(=O)C(CC2CCCCC2)NC(NC(N)=O)N2CCOCC2)C1. The van der Waals surface area contributed by atoms with Crippen LogP contribution in [0.25, 0.3) is 0 Å². The van der Waals surface area contributed by atoms with Crippen molar-refractivity contribution in [1.29, 1.82) is 5.26 Å². The van der Waals surface area contributed by atoms with Gasteiger partial charge < -0.3 is 21.1 Å². The quantitative estimate of drug-likeness (QED) is 0.321. The van der Waals surface area contributed by atoms with Gasteiger partial charge in [0.15, 0.2) is 0 Å². The van der Waals surface area contributed by atoms with Crippen LogP contribution in [-0.2, 0) is 9.53 Å². The van der Waals surface area contributed by atoms with Crippen molar-refractivity contribution in [1.82, 2.24) is 25.8 Å². The Hall–Kier alpha value is -1.93. The average molecular weight is 492 g/mol. The lowest BCUT2D eigenvalue weighted by molar-refractivity contribution is -0.126. The molecular formula is C25H45N7O3. The van der Waals surface area contributed by atoms with E-state index >= 15 is 0 Å². The third kappa shape index (κ3) is 7.78. The van der Waals surface area contributed by atoms with Crippen molar-refractivity contribution in [3.05, 3.63) is 0 Å². The highest BCUT2D eigenvalue weighted by Crippen LogP contribution is 2.29. The highest BCUT2D eigenvalue weighted by Gasteiger charge is 2.43. The Bertz CT molecular complexity index is 729. The number of nitrogens with zero attached hydrogens (tertiary/aromatic N) is 3. The number of primary amides is 1. The number of carbonyl (C=O) groups is 2. The molecule has 1 aliphatic carbocycles. The zero-order valence-electron chi connectivity index (χ0n) is 21.6. The van der Waals surface area contributed by atoms with E-state index in [2.05, 4.69) is 40.8 Å². The lowest BCUT2D eigenvalue weighted by Gasteiger charge is -2.38. The predicted molar refractivity (Wildman–Crippen MR) is 134 cm³/mol. The highest BCUT2D eigenvalue weighted by molar-refractivity contribution is 5.83. The molecular weight excluding hydrogens is 446 g/mol. The van der Waals surface area contributed by atoms with Crippen LogP contribution in [0.15, 0.2) is 0 Å². The molecule has 2 saturated heterocycles. The number of hydrogen-bond acceptors (Lipinski definition) is 7. The fourth-order valence-corrected chi connectivity index (χ4v) is 5.91. The van der Waals surface area contributed by atoms with E-state index in [1.807, 2.05) is 4.90 Å². The van der Waals surface area contributed by atoms with Crippen molar-refractivity contribution in [2.24, 2.45) is 11.7 Å². The Morgan fingerprint density at radius 1 is 1.11 bits per heavy atom. The van der Waals surface area contributed by atoms with E-state index in [9.17, 15) is 14.9 Å².